The number of hydrogen-bond donors (Lipinski definition) is 2. The lowest BCUT2D eigenvalue weighted by Crippen LogP contribution is -2.73. The number of nitrogens with one attached hydrogen (secondary N) is 2. The molecule has 9 nitrogen and oxygen atoms in total. The number of carbonyl (C=O) groups excluding carboxylic acids is 4. The fourth-order valence-electron chi connectivity index (χ4n) is 5.01. The number of nitrogens with zero attached hydrogens (tertiary/aromatic N) is 3. The predicted octanol–water partition coefficient (Wildman–Crippen LogP) is 3.85. The van der Waals surface area contributed by atoms with Crippen LogP contribution in [0.3, 0.4) is 0 Å². The third-order valence-corrected chi connectivity index (χ3v) is 7.53. The van der Waals surface area contributed by atoms with Crippen molar-refractivity contribution in [3.05, 3.63) is 51.8 Å². The lowest BCUT2D eigenvalue weighted by atomic mass is 9.78. The van der Waals surface area contributed by atoms with Gasteiger partial charge in [-0.2, -0.15) is 0 Å². The van der Waals surface area contributed by atoms with Crippen molar-refractivity contribution in [2.75, 3.05) is 22.6 Å². The van der Waals surface area contributed by atoms with Crippen LogP contribution in [0.2, 0.25) is 0 Å². The van der Waals surface area contributed by atoms with E-state index in [-0.39, 0.29) is 5.69 Å². The molecule has 2 N–H and O–H groups in total. The molecular weight excluding hydrogens is 592 g/mol. The van der Waals surface area contributed by atoms with Crippen LogP contribution in [0.1, 0.15) is 34.9 Å². The highest BCUT2D eigenvalue weighted by molar-refractivity contribution is 14.1. The molecule has 0 bridgehead atoms. The average Bonchev–Trinajstić information content (AvgIpc) is 3.78. The first kappa shape index (κ1) is 18.9. The van der Waals surface area contributed by atoms with E-state index in [9.17, 15) is 23.6 Å². The van der Waals surface area contributed by atoms with Gasteiger partial charge in [0.1, 0.15) is 12.0 Å². The number of carbonyl (C=O) groups is 4. The lowest BCUT2D eigenvalue weighted by molar-refractivity contribution is -0.151. The number of likely N-dealkylation sites (tertiary alicyclic amines) is 1. The van der Waals surface area contributed by atoms with Crippen molar-refractivity contribution in [2.45, 2.75) is 44.9 Å². The van der Waals surface area contributed by atoms with Crippen LogP contribution in [-0.2, 0) is 14.4 Å². The first-order chi connectivity index (χ1) is 20.2. The van der Waals surface area contributed by atoms with Crippen molar-refractivity contribution in [1.82, 2.24) is 9.80 Å². The van der Waals surface area contributed by atoms with Crippen molar-refractivity contribution in [2.24, 2.45) is 11.8 Å². The minimum Gasteiger partial charge on any atom is -0.362 e. The molecule has 5 amide bonds. The van der Waals surface area contributed by atoms with Crippen LogP contribution >= 0.6 is 22.6 Å². The molecule has 2 heterocycles. The van der Waals surface area contributed by atoms with Crippen LogP contribution in [0.25, 0.3) is 0 Å². The van der Waals surface area contributed by atoms with E-state index in [1.165, 1.54) is 31.0 Å². The van der Waals surface area contributed by atoms with Crippen molar-refractivity contribution >= 4 is 63.4 Å². The van der Waals surface area contributed by atoms with Crippen molar-refractivity contribution in [3.63, 3.8) is 0 Å². The summed E-state index contributed by atoms with van der Waals surface area (Å²) in [4.78, 5) is 57.2. The summed E-state index contributed by atoms with van der Waals surface area (Å²) < 4.78 is 64.4. The number of fused-ring (bicyclic) bond motifs is 1. The van der Waals surface area contributed by atoms with Gasteiger partial charge in [0, 0.05) is 37.7 Å². The van der Waals surface area contributed by atoms with Gasteiger partial charge in [0.05, 0.1) is 29.0 Å². The zero-order valence-corrected chi connectivity index (χ0v) is 22.0. The zero-order chi connectivity index (χ0) is 31.7. The normalized spacial score (nSPS) is 28.1. The summed E-state index contributed by atoms with van der Waals surface area (Å²) in [6.07, 6.45) is -0.152. The number of anilines is 3. The number of benzene rings is 2. The molecule has 3 fully saturated rings. The molecule has 5 rings (SSSR count). The molecule has 2 aromatic rings. The van der Waals surface area contributed by atoms with Crippen LogP contribution in [0.15, 0.2) is 42.4 Å². The average molecular weight is 625 g/mol. The molecule has 4 unspecified atom stereocenters. The molecule has 1 aliphatic carbocycles. The first-order valence-corrected chi connectivity index (χ1v) is 12.6. The number of hydrogen-bond acceptors (Lipinski definition) is 5. The molecule has 11 heteroatoms. The number of imide groups is 1. The van der Waals surface area contributed by atoms with Crippen molar-refractivity contribution in [3.8, 4) is 0 Å². The van der Waals surface area contributed by atoms with Gasteiger partial charge in [-0.05, 0) is 71.8 Å². The summed E-state index contributed by atoms with van der Waals surface area (Å²) in [7, 11) is 1.45. The topological polar surface area (TPSA) is 102 Å². The zero-order valence-electron chi connectivity index (χ0n) is 25.8. The van der Waals surface area contributed by atoms with E-state index in [0.717, 1.165) is 9.80 Å². The van der Waals surface area contributed by atoms with Crippen LogP contribution in [0, 0.1) is 21.2 Å². The highest BCUT2D eigenvalue weighted by atomic mass is 127. The van der Waals surface area contributed by atoms with Crippen LogP contribution < -0.4 is 15.5 Å². The smallest absolute Gasteiger partial charge is 0.331 e. The molecule has 2 saturated heterocycles. The van der Waals surface area contributed by atoms with Gasteiger partial charge in [0.15, 0.2) is 0 Å². The molecular formula is C26H27FIN5O4. The minimum atomic E-state index is -2.03. The monoisotopic (exact) mass is 625 g/mol. The number of amides is 5. The molecule has 2 aromatic carbocycles. The summed E-state index contributed by atoms with van der Waals surface area (Å²) in [5.74, 6) is -5.24. The van der Waals surface area contributed by atoms with Gasteiger partial charge in [-0.3, -0.25) is 24.2 Å². The fourth-order valence-corrected chi connectivity index (χ4v) is 5.47. The Hall–Kier alpha value is -3.22. The SMILES string of the molecule is [2H]c1c([2H])c(NC(=O)C([2H])[2H])c([2H])c(N2C(=O)N(C3CC3)C(=O)C3C(Nc4ccc(I)cc4F)N(C)C(=O)C(C)C32)c1[2H]. The quantitative estimate of drug-likeness (QED) is 0.492. The van der Waals surface area contributed by atoms with Crippen molar-refractivity contribution < 1.29 is 31.8 Å². The predicted molar refractivity (Wildman–Crippen MR) is 144 cm³/mol. The second kappa shape index (κ2) is 9.58. The van der Waals surface area contributed by atoms with E-state index >= 15 is 0 Å². The maximum Gasteiger partial charge on any atom is 0.331 e. The molecule has 4 atom stereocenters. The Kier molecular flexibility index (Phi) is 4.90. The second-order valence-electron chi connectivity index (χ2n) is 9.27. The van der Waals surface area contributed by atoms with E-state index in [4.69, 9.17) is 8.22 Å². The van der Waals surface area contributed by atoms with Crippen LogP contribution in [-0.4, -0.2) is 58.8 Å². The molecule has 194 valence electrons. The van der Waals surface area contributed by atoms with Crippen LogP contribution in [0.4, 0.5) is 26.2 Å². The molecule has 1 saturated carbocycles. The highest BCUT2D eigenvalue weighted by Gasteiger charge is 2.60. The Morgan fingerprint density at radius 1 is 1.19 bits per heavy atom. The summed E-state index contributed by atoms with van der Waals surface area (Å²) in [5.41, 5.74) is -1.09. The summed E-state index contributed by atoms with van der Waals surface area (Å²) in [5, 5.41) is 5.06. The molecule has 3 aliphatic rings. The van der Waals surface area contributed by atoms with E-state index in [1.54, 1.807) is 6.07 Å². The van der Waals surface area contributed by atoms with E-state index in [1.807, 2.05) is 22.6 Å². The van der Waals surface area contributed by atoms with Crippen LogP contribution in [0.5, 0.6) is 0 Å². The molecule has 2 aliphatic heterocycles. The number of rotatable bonds is 5. The van der Waals surface area contributed by atoms with E-state index in [0.29, 0.717) is 16.4 Å². The minimum absolute atomic E-state index is 0.00676. The van der Waals surface area contributed by atoms with Gasteiger partial charge in [-0.25, -0.2) is 9.18 Å². The Morgan fingerprint density at radius 2 is 1.95 bits per heavy atom. The summed E-state index contributed by atoms with van der Waals surface area (Å²) >= 11 is 1.94. The third-order valence-electron chi connectivity index (χ3n) is 6.86. The highest BCUT2D eigenvalue weighted by Crippen LogP contribution is 2.43. The van der Waals surface area contributed by atoms with Gasteiger partial charge >= 0.3 is 6.03 Å². The maximum absolute atomic E-state index is 15.0. The summed E-state index contributed by atoms with van der Waals surface area (Å²) in [6.45, 7) is -0.546. The van der Waals surface area contributed by atoms with Gasteiger partial charge in [0.2, 0.25) is 17.7 Å². The number of piperidine rings is 1. The Bertz CT molecular complexity index is 1560. The molecule has 0 spiro atoms. The van der Waals surface area contributed by atoms with Crippen molar-refractivity contribution in [1.29, 1.82) is 0 Å². The van der Waals surface area contributed by atoms with Gasteiger partial charge in [-0.1, -0.05) is 13.0 Å². The standard InChI is InChI=1S/C26H27FIN5O4/c1-13-22-21(23(31(3)24(13)35)30-20-10-7-15(28)11-19(20)27)25(36)33(17-8-9-17)26(37)32(22)18-6-4-5-16(12-18)29-14(2)34/h4-7,10-13,17,21-23,30H,8-9H2,1-3H3,(H,29,34)/i2D2,4D,5D,6D,12D. The largest absolute Gasteiger partial charge is 0.362 e. The Morgan fingerprint density at radius 3 is 2.62 bits per heavy atom. The third kappa shape index (κ3) is 4.53. The summed E-state index contributed by atoms with van der Waals surface area (Å²) in [6, 6.07) is -1.26. The van der Waals surface area contributed by atoms with Gasteiger partial charge in [0.25, 0.3) is 0 Å². The molecule has 0 aromatic heterocycles. The van der Waals surface area contributed by atoms with Gasteiger partial charge in [-0.15, -0.1) is 0 Å². The second-order valence-corrected chi connectivity index (χ2v) is 10.5. The Labute approximate surface area is 235 Å². The van der Waals surface area contributed by atoms with Gasteiger partial charge < -0.3 is 15.5 Å². The fraction of sp³-hybridized carbons (Fsp3) is 0.385. The number of halogens is 2. The first-order valence-electron chi connectivity index (χ1n) is 14.7. The Balaban J connectivity index is 1.71. The van der Waals surface area contributed by atoms with E-state index < -0.39 is 102 Å². The molecule has 0 radical (unpaired) electrons. The maximum atomic E-state index is 15.0. The van der Waals surface area contributed by atoms with E-state index in [2.05, 4.69) is 10.6 Å². The lowest BCUT2D eigenvalue weighted by Gasteiger charge is -2.54. The molecule has 37 heavy (non-hydrogen) atoms. The number of urea groups is 1.